The third-order valence-corrected chi connectivity index (χ3v) is 2.55. The van der Waals surface area contributed by atoms with E-state index in [1.807, 2.05) is 31.3 Å². The Kier molecular flexibility index (Phi) is 4.33. The highest BCUT2D eigenvalue weighted by molar-refractivity contribution is 9.10. The summed E-state index contributed by atoms with van der Waals surface area (Å²) in [7, 11) is 1.84. The molecule has 0 aromatic heterocycles. The van der Waals surface area contributed by atoms with Crippen molar-refractivity contribution in [3.8, 4) is 0 Å². The van der Waals surface area contributed by atoms with Crippen LogP contribution in [0.2, 0.25) is 0 Å². The minimum Gasteiger partial charge on any atom is -0.341 e. The molecule has 1 aromatic rings. The van der Waals surface area contributed by atoms with Crippen LogP contribution in [-0.4, -0.2) is 24.4 Å². The van der Waals surface area contributed by atoms with Gasteiger partial charge in [-0.05, 0) is 24.1 Å². The number of carbonyl (C=O) groups is 1. The lowest BCUT2D eigenvalue weighted by Crippen LogP contribution is -2.30. The largest absolute Gasteiger partial charge is 0.341 e. The van der Waals surface area contributed by atoms with Crippen molar-refractivity contribution in [2.45, 2.75) is 13.8 Å². The fourth-order valence-electron chi connectivity index (χ4n) is 1.47. The van der Waals surface area contributed by atoms with E-state index in [1.54, 1.807) is 4.90 Å². The predicted octanol–water partition coefficient (Wildman–Crippen LogP) is 3.18. The summed E-state index contributed by atoms with van der Waals surface area (Å²) in [5.41, 5.74) is 0.729. The zero-order valence-corrected chi connectivity index (χ0v) is 10.9. The summed E-state index contributed by atoms with van der Waals surface area (Å²) in [6.45, 7) is 4.99. The van der Waals surface area contributed by atoms with E-state index < -0.39 is 0 Å². The van der Waals surface area contributed by atoms with Crippen LogP contribution in [0.1, 0.15) is 24.2 Å². The highest BCUT2D eigenvalue weighted by atomic mass is 79.9. The highest BCUT2D eigenvalue weighted by Crippen LogP contribution is 2.13. The lowest BCUT2D eigenvalue weighted by molar-refractivity contribution is 0.0779. The lowest BCUT2D eigenvalue weighted by Gasteiger charge is -2.19. The number of amides is 1. The third kappa shape index (κ3) is 3.67. The molecule has 1 aromatic carbocycles. The molecule has 0 N–H and O–H groups in total. The maximum atomic E-state index is 11.9. The number of benzene rings is 1. The smallest absolute Gasteiger partial charge is 0.253 e. The van der Waals surface area contributed by atoms with Crippen LogP contribution in [0.3, 0.4) is 0 Å². The van der Waals surface area contributed by atoms with Crippen molar-refractivity contribution in [3.05, 3.63) is 34.3 Å². The second kappa shape index (κ2) is 5.31. The average Bonchev–Trinajstić information content (AvgIpc) is 2.15. The van der Waals surface area contributed by atoms with E-state index >= 15 is 0 Å². The predicted molar refractivity (Wildman–Crippen MR) is 65.9 cm³/mol. The number of nitrogens with zero attached hydrogens (tertiary/aromatic N) is 1. The summed E-state index contributed by atoms with van der Waals surface area (Å²) in [4.78, 5) is 13.7. The molecule has 2 nitrogen and oxygen atoms in total. The Hall–Kier alpha value is -0.830. The quantitative estimate of drug-likeness (QED) is 0.826. The third-order valence-electron chi connectivity index (χ3n) is 2.06. The molecule has 0 aliphatic rings. The molecule has 0 fully saturated rings. The minimum absolute atomic E-state index is 0.0741. The second-order valence-corrected chi connectivity index (χ2v) is 5.01. The molecule has 0 unspecified atom stereocenters. The molecule has 0 radical (unpaired) electrons. The van der Waals surface area contributed by atoms with Crippen molar-refractivity contribution in [1.82, 2.24) is 4.90 Å². The summed E-state index contributed by atoms with van der Waals surface area (Å²) >= 11 is 3.36. The number of halogens is 1. The standard InChI is InChI=1S/C12H16BrNO/c1-9(2)8-14(3)12(15)10-5-4-6-11(13)7-10/h4-7,9H,8H2,1-3H3. The van der Waals surface area contributed by atoms with Gasteiger partial charge < -0.3 is 4.90 Å². The van der Waals surface area contributed by atoms with Gasteiger partial charge in [0.25, 0.3) is 5.91 Å². The maximum absolute atomic E-state index is 11.9. The van der Waals surface area contributed by atoms with Crippen LogP contribution < -0.4 is 0 Å². The van der Waals surface area contributed by atoms with Crippen molar-refractivity contribution in [2.24, 2.45) is 5.92 Å². The van der Waals surface area contributed by atoms with Crippen LogP contribution in [-0.2, 0) is 0 Å². The molecule has 0 saturated carbocycles. The van der Waals surface area contributed by atoms with Gasteiger partial charge in [0.1, 0.15) is 0 Å². The van der Waals surface area contributed by atoms with Crippen LogP contribution in [0.4, 0.5) is 0 Å². The van der Waals surface area contributed by atoms with Crippen molar-refractivity contribution >= 4 is 21.8 Å². The molecule has 1 rings (SSSR count). The average molecular weight is 270 g/mol. The number of hydrogen-bond donors (Lipinski definition) is 0. The van der Waals surface area contributed by atoms with Crippen molar-refractivity contribution in [2.75, 3.05) is 13.6 Å². The Morgan fingerprint density at radius 2 is 2.13 bits per heavy atom. The summed E-state index contributed by atoms with van der Waals surface area (Å²) < 4.78 is 0.936. The van der Waals surface area contributed by atoms with Gasteiger partial charge in [-0.3, -0.25) is 4.79 Å². The van der Waals surface area contributed by atoms with E-state index in [1.165, 1.54) is 0 Å². The van der Waals surface area contributed by atoms with E-state index in [9.17, 15) is 4.79 Å². The van der Waals surface area contributed by atoms with E-state index in [2.05, 4.69) is 29.8 Å². The molecule has 15 heavy (non-hydrogen) atoms. The topological polar surface area (TPSA) is 20.3 Å². The van der Waals surface area contributed by atoms with Gasteiger partial charge in [0, 0.05) is 23.6 Å². The molecule has 0 bridgehead atoms. The second-order valence-electron chi connectivity index (χ2n) is 4.09. The number of rotatable bonds is 3. The molecule has 0 heterocycles. The first-order valence-corrected chi connectivity index (χ1v) is 5.81. The zero-order valence-electron chi connectivity index (χ0n) is 9.33. The Balaban J connectivity index is 2.76. The normalized spacial score (nSPS) is 10.5. The van der Waals surface area contributed by atoms with Gasteiger partial charge in [-0.2, -0.15) is 0 Å². The molecule has 0 atom stereocenters. The fraction of sp³-hybridized carbons (Fsp3) is 0.417. The first kappa shape index (κ1) is 12.2. The van der Waals surface area contributed by atoms with E-state index in [-0.39, 0.29) is 5.91 Å². The van der Waals surface area contributed by atoms with Crippen molar-refractivity contribution in [3.63, 3.8) is 0 Å². The van der Waals surface area contributed by atoms with Crippen LogP contribution in [0, 0.1) is 5.92 Å². The summed E-state index contributed by atoms with van der Waals surface area (Å²) in [6, 6.07) is 7.48. The summed E-state index contributed by atoms with van der Waals surface area (Å²) in [5.74, 6) is 0.566. The molecule has 3 heteroatoms. The highest BCUT2D eigenvalue weighted by Gasteiger charge is 2.12. The molecule has 0 aliphatic heterocycles. The number of hydrogen-bond acceptors (Lipinski definition) is 1. The van der Waals surface area contributed by atoms with Gasteiger partial charge in [0.05, 0.1) is 0 Å². The van der Waals surface area contributed by atoms with Gasteiger partial charge in [0.2, 0.25) is 0 Å². The van der Waals surface area contributed by atoms with Crippen molar-refractivity contribution < 1.29 is 4.79 Å². The molecule has 0 spiro atoms. The van der Waals surface area contributed by atoms with Gasteiger partial charge in [-0.25, -0.2) is 0 Å². The van der Waals surface area contributed by atoms with Gasteiger partial charge in [-0.1, -0.05) is 35.8 Å². The van der Waals surface area contributed by atoms with E-state index in [0.29, 0.717) is 5.92 Å². The van der Waals surface area contributed by atoms with E-state index in [0.717, 1.165) is 16.6 Å². The molecule has 82 valence electrons. The summed E-state index contributed by atoms with van der Waals surface area (Å²) in [6.07, 6.45) is 0. The molecular formula is C12H16BrNO. The SMILES string of the molecule is CC(C)CN(C)C(=O)c1cccc(Br)c1. The monoisotopic (exact) mass is 269 g/mol. The van der Waals surface area contributed by atoms with Crippen molar-refractivity contribution in [1.29, 1.82) is 0 Å². The molecule has 0 aliphatic carbocycles. The van der Waals surface area contributed by atoms with Crippen LogP contribution in [0.15, 0.2) is 28.7 Å². The lowest BCUT2D eigenvalue weighted by atomic mass is 10.1. The number of carbonyl (C=O) groups excluding carboxylic acids is 1. The summed E-state index contributed by atoms with van der Waals surface area (Å²) in [5, 5.41) is 0. The van der Waals surface area contributed by atoms with Crippen LogP contribution in [0.25, 0.3) is 0 Å². The van der Waals surface area contributed by atoms with Gasteiger partial charge in [0.15, 0.2) is 0 Å². The molecule has 1 amide bonds. The first-order chi connectivity index (χ1) is 7.00. The Bertz CT molecular complexity index is 349. The van der Waals surface area contributed by atoms with Crippen LogP contribution >= 0.6 is 15.9 Å². The van der Waals surface area contributed by atoms with E-state index in [4.69, 9.17) is 0 Å². The zero-order chi connectivity index (χ0) is 11.4. The molecular weight excluding hydrogens is 254 g/mol. The maximum Gasteiger partial charge on any atom is 0.253 e. The van der Waals surface area contributed by atoms with Gasteiger partial charge in [-0.15, -0.1) is 0 Å². The Morgan fingerprint density at radius 1 is 1.47 bits per heavy atom. The fourth-order valence-corrected chi connectivity index (χ4v) is 1.87. The molecule has 0 saturated heterocycles. The minimum atomic E-state index is 0.0741. The first-order valence-electron chi connectivity index (χ1n) is 5.01. The van der Waals surface area contributed by atoms with Gasteiger partial charge >= 0.3 is 0 Å². The Labute approximate surface area is 99.4 Å². The Morgan fingerprint density at radius 3 is 2.67 bits per heavy atom. The van der Waals surface area contributed by atoms with Crippen LogP contribution in [0.5, 0.6) is 0 Å².